The molecule has 1 aliphatic heterocycles. The van der Waals surface area contributed by atoms with Crippen molar-refractivity contribution in [2.24, 2.45) is 5.14 Å². The number of ketones is 1. The van der Waals surface area contributed by atoms with Gasteiger partial charge in [0.1, 0.15) is 17.7 Å². The fourth-order valence-electron chi connectivity index (χ4n) is 4.28. The number of sulfonamides is 1. The Morgan fingerprint density at radius 1 is 1.21 bits per heavy atom. The summed E-state index contributed by atoms with van der Waals surface area (Å²) in [7, 11) is -3.78. The number of benzene rings is 2. The van der Waals surface area contributed by atoms with Gasteiger partial charge in [0.25, 0.3) is 0 Å². The van der Waals surface area contributed by atoms with Crippen molar-refractivity contribution in [1.29, 1.82) is 5.26 Å². The van der Waals surface area contributed by atoms with Gasteiger partial charge in [-0.3, -0.25) is 9.69 Å². The second-order valence-corrected chi connectivity index (χ2v) is 11.3. The quantitative estimate of drug-likeness (QED) is 0.536. The number of nitrogens with two attached hydrogens (primary N) is 1. The first kappa shape index (κ1) is 24.2. The van der Waals surface area contributed by atoms with Crippen LogP contribution in [0.25, 0.3) is 0 Å². The maximum absolute atomic E-state index is 13.6. The van der Waals surface area contributed by atoms with Gasteiger partial charge in [-0.05, 0) is 54.3 Å². The smallest absolute Gasteiger partial charge is 0.238 e. The number of hydrogen-bond acceptors (Lipinski definition) is 6. The van der Waals surface area contributed by atoms with Gasteiger partial charge in [-0.2, -0.15) is 5.26 Å². The maximum atomic E-state index is 13.6. The second kappa shape index (κ2) is 9.76. The van der Waals surface area contributed by atoms with E-state index in [-0.39, 0.29) is 35.4 Å². The average molecular weight is 498 g/mol. The summed E-state index contributed by atoms with van der Waals surface area (Å²) in [5, 5.41) is 14.9. The monoisotopic (exact) mass is 497 g/mol. The van der Waals surface area contributed by atoms with Crippen molar-refractivity contribution >= 4 is 27.1 Å². The molecule has 34 heavy (non-hydrogen) atoms. The summed E-state index contributed by atoms with van der Waals surface area (Å²) >= 11 is 1.50. The predicted octanol–water partition coefficient (Wildman–Crippen LogP) is 3.71. The molecule has 1 atom stereocenters. The summed E-state index contributed by atoms with van der Waals surface area (Å²) in [6.45, 7) is 3.35. The van der Waals surface area contributed by atoms with Crippen molar-refractivity contribution in [3.05, 3.63) is 86.4 Å². The highest BCUT2D eigenvalue weighted by molar-refractivity contribution is 7.89. The molecule has 0 saturated heterocycles. The SMILES string of the molecule is CC1Cc2c(sc(CC(=O)Cc3ccc(S(N)(=O)=O)cc3)c2C#N)CN1Cc1cccc(F)c1. The van der Waals surface area contributed by atoms with E-state index >= 15 is 0 Å². The lowest BCUT2D eigenvalue weighted by molar-refractivity contribution is -0.117. The first-order valence-corrected chi connectivity index (χ1v) is 13.2. The summed E-state index contributed by atoms with van der Waals surface area (Å²) < 4.78 is 36.4. The third-order valence-electron chi connectivity index (χ3n) is 6.03. The molecule has 0 aliphatic carbocycles. The Kier molecular flexibility index (Phi) is 6.96. The largest absolute Gasteiger partial charge is 0.299 e. The molecule has 0 radical (unpaired) electrons. The van der Waals surface area contributed by atoms with Crippen molar-refractivity contribution < 1.29 is 17.6 Å². The molecule has 0 amide bonds. The van der Waals surface area contributed by atoms with E-state index in [1.54, 1.807) is 18.2 Å². The molecular formula is C25H24FN3O3S2. The van der Waals surface area contributed by atoms with Crippen molar-refractivity contribution in [1.82, 2.24) is 4.90 Å². The Balaban J connectivity index is 1.48. The molecule has 1 unspecified atom stereocenters. The number of carbonyl (C=O) groups excluding carboxylic acids is 1. The van der Waals surface area contributed by atoms with Gasteiger partial charge in [-0.25, -0.2) is 17.9 Å². The number of primary sulfonamides is 1. The van der Waals surface area contributed by atoms with Crippen LogP contribution in [-0.4, -0.2) is 25.1 Å². The fraction of sp³-hybridized carbons (Fsp3) is 0.280. The summed E-state index contributed by atoms with van der Waals surface area (Å²) in [6.07, 6.45) is 0.990. The molecule has 9 heteroatoms. The Morgan fingerprint density at radius 3 is 2.59 bits per heavy atom. The molecule has 1 aliphatic rings. The first-order chi connectivity index (χ1) is 16.1. The van der Waals surface area contributed by atoms with Gasteiger partial charge in [0.15, 0.2) is 0 Å². The molecule has 176 valence electrons. The second-order valence-electron chi connectivity index (χ2n) is 8.58. The highest BCUT2D eigenvalue weighted by Crippen LogP contribution is 2.36. The van der Waals surface area contributed by atoms with Crippen LogP contribution < -0.4 is 5.14 Å². The topological polar surface area (TPSA) is 104 Å². The van der Waals surface area contributed by atoms with Crippen LogP contribution in [0.4, 0.5) is 4.39 Å². The molecule has 2 N–H and O–H groups in total. The average Bonchev–Trinajstić information content (AvgIpc) is 3.09. The van der Waals surface area contributed by atoms with E-state index in [2.05, 4.69) is 17.9 Å². The van der Waals surface area contributed by atoms with Crippen LogP contribution >= 0.6 is 11.3 Å². The molecule has 2 heterocycles. The molecular weight excluding hydrogens is 473 g/mol. The molecule has 0 bridgehead atoms. The molecule has 1 aromatic heterocycles. The van der Waals surface area contributed by atoms with Crippen LogP contribution in [0.2, 0.25) is 0 Å². The minimum atomic E-state index is -3.78. The van der Waals surface area contributed by atoms with Crippen LogP contribution in [0.3, 0.4) is 0 Å². The van der Waals surface area contributed by atoms with E-state index in [1.165, 1.54) is 35.6 Å². The highest BCUT2D eigenvalue weighted by Gasteiger charge is 2.29. The van der Waals surface area contributed by atoms with Crippen LogP contribution in [0.15, 0.2) is 53.4 Å². The zero-order valence-corrected chi connectivity index (χ0v) is 20.3. The van der Waals surface area contributed by atoms with E-state index in [0.717, 1.165) is 20.9 Å². The fourth-order valence-corrected chi connectivity index (χ4v) is 6.14. The molecule has 4 rings (SSSR count). The zero-order valence-electron chi connectivity index (χ0n) is 18.6. The normalized spacial score (nSPS) is 16.1. The number of halogens is 1. The minimum Gasteiger partial charge on any atom is -0.299 e. The van der Waals surface area contributed by atoms with E-state index in [4.69, 9.17) is 5.14 Å². The van der Waals surface area contributed by atoms with Crippen molar-refractivity contribution in [3.63, 3.8) is 0 Å². The molecule has 0 fully saturated rings. The molecule has 0 spiro atoms. The highest BCUT2D eigenvalue weighted by atomic mass is 32.2. The van der Waals surface area contributed by atoms with Gasteiger partial charge in [0, 0.05) is 41.7 Å². The number of nitriles is 1. The number of Topliss-reactive ketones (excluding diaryl/α,β-unsaturated/α-hetero) is 1. The van der Waals surface area contributed by atoms with Gasteiger partial charge in [0.05, 0.1) is 10.5 Å². The Labute approximate surface area is 202 Å². The van der Waals surface area contributed by atoms with Crippen LogP contribution in [0.5, 0.6) is 0 Å². The van der Waals surface area contributed by atoms with Gasteiger partial charge in [-0.1, -0.05) is 24.3 Å². The molecule has 6 nitrogen and oxygen atoms in total. The lowest BCUT2D eigenvalue weighted by atomic mass is 9.95. The van der Waals surface area contributed by atoms with Crippen LogP contribution in [0, 0.1) is 17.1 Å². The van der Waals surface area contributed by atoms with Crippen molar-refractivity contribution in [2.75, 3.05) is 0 Å². The lowest BCUT2D eigenvalue weighted by Gasteiger charge is -2.33. The number of thiophene rings is 1. The Hall–Kier alpha value is -2.90. The van der Waals surface area contributed by atoms with Gasteiger partial charge >= 0.3 is 0 Å². The predicted molar refractivity (Wildman–Crippen MR) is 128 cm³/mol. The Morgan fingerprint density at radius 2 is 1.94 bits per heavy atom. The number of rotatable bonds is 7. The lowest BCUT2D eigenvalue weighted by Crippen LogP contribution is -2.37. The van der Waals surface area contributed by atoms with Gasteiger partial charge in [-0.15, -0.1) is 11.3 Å². The van der Waals surface area contributed by atoms with Crippen molar-refractivity contribution in [2.45, 2.75) is 50.2 Å². The number of hydrogen-bond donors (Lipinski definition) is 1. The van der Waals surface area contributed by atoms with E-state index in [9.17, 15) is 22.9 Å². The third kappa shape index (κ3) is 5.42. The van der Waals surface area contributed by atoms with Crippen LogP contribution in [0.1, 0.15) is 38.9 Å². The Bertz CT molecular complexity index is 1380. The molecule has 3 aromatic rings. The number of nitrogens with zero attached hydrogens (tertiary/aromatic N) is 2. The van der Waals surface area contributed by atoms with E-state index < -0.39 is 10.0 Å². The first-order valence-electron chi connectivity index (χ1n) is 10.8. The maximum Gasteiger partial charge on any atom is 0.238 e. The summed E-state index contributed by atoms with van der Waals surface area (Å²) in [5.74, 6) is -0.311. The van der Waals surface area contributed by atoms with E-state index in [1.807, 2.05) is 6.07 Å². The number of fused-ring (bicyclic) bond motifs is 1. The molecule has 2 aromatic carbocycles. The van der Waals surface area contributed by atoms with E-state index in [0.29, 0.717) is 30.6 Å². The number of carbonyl (C=O) groups is 1. The summed E-state index contributed by atoms with van der Waals surface area (Å²) in [6, 6.07) is 15.0. The summed E-state index contributed by atoms with van der Waals surface area (Å²) in [4.78, 5) is 16.8. The van der Waals surface area contributed by atoms with Gasteiger partial charge < -0.3 is 0 Å². The summed E-state index contributed by atoms with van der Waals surface area (Å²) in [5.41, 5.74) is 3.19. The van der Waals surface area contributed by atoms with Gasteiger partial charge in [0.2, 0.25) is 10.0 Å². The van der Waals surface area contributed by atoms with Crippen molar-refractivity contribution in [3.8, 4) is 6.07 Å². The standard InChI is InChI=1S/C25H24FN3O3S2/c1-16-9-22-23(13-27)24(12-20(30)11-17-5-7-21(8-6-17)34(28,31)32)33-25(22)15-29(16)14-18-3-2-4-19(26)10-18/h2-8,10,16H,9,11-12,14-15H2,1H3,(H2,28,31,32). The zero-order chi connectivity index (χ0) is 24.5. The van der Waals surface area contributed by atoms with Crippen LogP contribution in [-0.2, 0) is 47.2 Å². The molecule has 0 saturated carbocycles. The third-order valence-corrected chi connectivity index (χ3v) is 8.18. The minimum absolute atomic E-state index is 0.00156.